The van der Waals surface area contributed by atoms with Crippen LogP contribution in [0.15, 0.2) is 36.4 Å². The van der Waals surface area contributed by atoms with Gasteiger partial charge in [0.25, 0.3) is 0 Å². The van der Waals surface area contributed by atoms with Crippen molar-refractivity contribution in [3.63, 3.8) is 0 Å². The van der Waals surface area contributed by atoms with Gasteiger partial charge in [-0.2, -0.15) is 0 Å². The number of hydrogen-bond acceptors (Lipinski definition) is 2. The maximum absolute atomic E-state index is 11.9. The van der Waals surface area contributed by atoms with E-state index in [1.807, 2.05) is 49.4 Å². The van der Waals surface area contributed by atoms with Gasteiger partial charge in [0.05, 0.1) is 12.0 Å². The molecule has 0 bridgehead atoms. The summed E-state index contributed by atoms with van der Waals surface area (Å²) in [4.78, 5) is 11.9. The molecule has 0 aliphatic heterocycles. The number of hydrogen-bond donors (Lipinski definition) is 0. The maximum Gasteiger partial charge on any atom is 0.315 e. The molecule has 2 rings (SSSR count). The zero-order chi connectivity index (χ0) is 12.1. The SMILES string of the molecule is CCOC(=O)C1(/C=C/c2ccccc2)CCC1. The van der Waals surface area contributed by atoms with Crippen molar-refractivity contribution in [2.45, 2.75) is 26.2 Å². The Morgan fingerprint density at radius 2 is 2.06 bits per heavy atom. The molecule has 1 saturated carbocycles. The Morgan fingerprint density at radius 3 is 2.59 bits per heavy atom. The van der Waals surface area contributed by atoms with Crippen LogP contribution in [0, 0.1) is 5.41 Å². The van der Waals surface area contributed by atoms with Crippen molar-refractivity contribution in [1.82, 2.24) is 0 Å². The summed E-state index contributed by atoms with van der Waals surface area (Å²) in [7, 11) is 0. The average Bonchev–Trinajstić information content (AvgIpc) is 2.29. The Labute approximate surface area is 102 Å². The highest BCUT2D eigenvalue weighted by Gasteiger charge is 2.43. The van der Waals surface area contributed by atoms with E-state index in [1.54, 1.807) is 0 Å². The summed E-state index contributed by atoms with van der Waals surface area (Å²) in [5.41, 5.74) is 0.773. The first kappa shape index (κ1) is 11.9. The van der Waals surface area contributed by atoms with E-state index < -0.39 is 0 Å². The quantitative estimate of drug-likeness (QED) is 0.741. The van der Waals surface area contributed by atoms with Gasteiger partial charge in [0.1, 0.15) is 0 Å². The minimum absolute atomic E-state index is 0.0709. The van der Waals surface area contributed by atoms with E-state index in [0.717, 1.165) is 24.8 Å². The normalized spacial score (nSPS) is 17.7. The number of carbonyl (C=O) groups is 1. The zero-order valence-electron chi connectivity index (χ0n) is 10.2. The third-order valence-electron chi connectivity index (χ3n) is 3.32. The molecule has 1 aromatic rings. The van der Waals surface area contributed by atoms with Crippen LogP contribution in [-0.2, 0) is 9.53 Å². The monoisotopic (exact) mass is 230 g/mol. The number of benzene rings is 1. The largest absolute Gasteiger partial charge is 0.465 e. The summed E-state index contributed by atoms with van der Waals surface area (Å²) in [5.74, 6) is -0.0709. The molecule has 1 aliphatic rings. The molecule has 0 radical (unpaired) electrons. The molecule has 0 aromatic heterocycles. The predicted molar refractivity (Wildman–Crippen MR) is 68.4 cm³/mol. The molecule has 1 aliphatic carbocycles. The van der Waals surface area contributed by atoms with Gasteiger partial charge in [-0.1, -0.05) is 48.9 Å². The summed E-state index contributed by atoms with van der Waals surface area (Å²) in [6.45, 7) is 2.31. The van der Waals surface area contributed by atoms with Crippen molar-refractivity contribution in [1.29, 1.82) is 0 Å². The first-order chi connectivity index (χ1) is 8.27. The molecular formula is C15H18O2. The Bertz CT molecular complexity index is 402. The van der Waals surface area contributed by atoms with Crippen LogP contribution in [0.2, 0.25) is 0 Å². The van der Waals surface area contributed by atoms with Gasteiger partial charge in [-0.15, -0.1) is 0 Å². The molecule has 0 N–H and O–H groups in total. The lowest BCUT2D eigenvalue weighted by Crippen LogP contribution is -2.37. The number of ether oxygens (including phenoxy) is 1. The molecule has 17 heavy (non-hydrogen) atoms. The Kier molecular flexibility index (Phi) is 3.62. The van der Waals surface area contributed by atoms with Crippen LogP contribution in [-0.4, -0.2) is 12.6 Å². The van der Waals surface area contributed by atoms with Crippen molar-refractivity contribution in [3.05, 3.63) is 42.0 Å². The molecule has 0 heterocycles. The molecule has 0 amide bonds. The Hall–Kier alpha value is -1.57. The van der Waals surface area contributed by atoms with E-state index in [1.165, 1.54) is 0 Å². The van der Waals surface area contributed by atoms with Gasteiger partial charge in [-0.25, -0.2) is 0 Å². The lowest BCUT2D eigenvalue weighted by atomic mass is 9.68. The highest BCUT2D eigenvalue weighted by molar-refractivity contribution is 5.81. The number of carbonyl (C=O) groups excluding carboxylic acids is 1. The number of rotatable bonds is 4. The zero-order valence-corrected chi connectivity index (χ0v) is 10.2. The van der Waals surface area contributed by atoms with Crippen molar-refractivity contribution in [2.75, 3.05) is 6.61 Å². The summed E-state index contributed by atoms with van der Waals surface area (Å²) in [6, 6.07) is 10.1. The fourth-order valence-corrected chi connectivity index (χ4v) is 2.09. The van der Waals surface area contributed by atoms with E-state index in [9.17, 15) is 4.79 Å². The molecule has 2 nitrogen and oxygen atoms in total. The van der Waals surface area contributed by atoms with Crippen LogP contribution < -0.4 is 0 Å². The van der Waals surface area contributed by atoms with Gasteiger partial charge in [-0.05, 0) is 25.3 Å². The van der Waals surface area contributed by atoms with Gasteiger partial charge >= 0.3 is 5.97 Å². The van der Waals surface area contributed by atoms with Crippen LogP contribution >= 0.6 is 0 Å². The average molecular weight is 230 g/mol. The van der Waals surface area contributed by atoms with Gasteiger partial charge in [-0.3, -0.25) is 4.79 Å². The van der Waals surface area contributed by atoms with Crippen LogP contribution in [0.3, 0.4) is 0 Å². The lowest BCUT2D eigenvalue weighted by molar-refractivity contribution is -0.156. The molecule has 0 spiro atoms. The van der Waals surface area contributed by atoms with E-state index in [0.29, 0.717) is 6.61 Å². The fourth-order valence-electron chi connectivity index (χ4n) is 2.09. The van der Waals surface area contributed by atoms with Crippen molar-refractivity contribution < 1.29 is 9.53 Å². The first-order valence-corrected chi connectivity index (χ1v) is 6.18. The van der Waals surface area contributed by atoms with Crippen LogP contribution in [0.1, 0.15) is 31.7 Å². The second-order valence-corrected chi connectivity index (χ2v) is 4.47. The first-order valence-electron chi connectivity index (χ1n) is 6.18. The molecule has 1 aromatic carbocycles. The van der Waals surface area contributed by atoms with E-state index in [-0.39, 0.29) is 11.4 Å². The van der Waals surface area contributed by atoms with Crippen molar-refractivity contribution in [3.8, 4) is 0 Å². The molecule has 0 atom stereocenters. The van der Waals surface area contributed by atoms with Gasteiger partial charge < -0.3 is 4.74 Å². The molecule has 0 unspecified atom stereocenters. The Balaban J connectivity index is 2.10. The van der Waals surface area contributed by atoms with E-state index >= 15 is 0 Å². The topological polar surface area (TPSA) is 26.3 Å². The van der Waals surface area contributed by atoms with Crippen LogP contribution in [0.25, 0.3) is 6.08 Å². The lowest BCUT2D eigenvalue weighted by Gasteiger charge is -2.36. The minimum Gasteiger partial charge on any atom is -0.465 e. The molecule has 1 fully saturated rings. The second-order valence-electron chi connectivity index (χ2n) is 4.47. The fraction of sp³-hybridized carbons (Fsp3) is 0.400. The Morgan fingerprint density at radius 1 is 1.35 bits per heavy atom. The van der Waals surface area contributed by atoms with Crippen LogP contribution in [0.5, 0.6) is 0 Å². The third-order valence-corrected chi connectivity index (χ3v) is 3.32. The summed E-state index contributed by atoms with van der Waals surface area (Å²) < 4.78 is 5.15. The molecule has 0 saturated heterocycles. The number of esters is 1. The molecular weight excluding hydrogens is 212 g/mol. The highest BCUT2D eigenvalue weighted by atomic mass is 16.5. The minimum atomic E-state index is -0.355. The van der Waals surface area contributed by atoms with Crippen molar-refractivity contribution >= 4 is 12.0 Å². The molecule has 2 heteroatoms. The summed E-state index contributed by atoms with van der Waals surface area (Å²) in [6.07, 6.45) is 6.97. The van der Waals surface area contributed by atoms with Gasteiger partial charge in [0.15, 0.2) is 0 Å². The van der Waals surface area contributed by atoms with Crippen molar-refractivity contribution in [2.24, 2.45) is 5.41 Å². The van der Waals surface area contributed by atoms with E-state index in [4.69, 9.17) is 4.74 Å². The smallest absolute Gasteiger partial charge is 0.315 e. The van der Waals surface area contributed by atoms with Gasteiger partial charge in [0.2, 0.25) is 0 Å². The third kappa shape index (κ3) is 2.57. The summed E-state index contributed by atoms with van der Waals surface area (Å²) >= 11 is 0. The second kappa shape index (κ2) is 5.17. The van der Waals surface area contributed by atoms with Gasteiger partial charge in [0, 0.05) is 0 Å². The highest BCUT2D eigenvalue weighted by Crippen LogP contribution is 2.43. The maximum atomic E-state index is 11.9. The summed E-state index contributed by atoms with van der Waals surface area (Å²) in [5, 5.41) is 0. The molecule has 90 valence electrons. The standard InChI is InChI=1S/C15H18O2/c1-2-17-14(16)15(10-6-11-15)12-9-13-7-4-3-5-8-13/h3-5,7-9,12H,2,6,10-11H2,1H3/b12-9+. The van der Waals surface area contributed by atoms with E-state index in [2.05, 4.69) is 0 Å². The van der Waals surface area contributed by atoms with Crippen LogP contribution in [0.4, 0.5) is 0 Å². The predicted octanol–water partition coefficient (Wildman–Crippen LogP) is 3.43.